The number of carbonyl (C=O) groups excluding carboxylic acids is 2. The van der Waals surface area contributed by atoms with Gasteiger partial charge in [0.25, 0.3) is 0 Å². The lowest BCUT2D eigenvalue weighted by Crippen LogP contribution is -2.56. The molecule has 4 atom stereocenters. The van der Waals surface area contributed by atoms with E-state index in [2.05, 4.69) is 21.2 Å². The first-order chi connectivity index (χ1) is 13.0. The van der Waals surface area contributed by atoms with E-state index in [1.165, 1.54) is 0 Å². The highest BCUT2D eigenvalue weighted by Crippen LogP contribution is 2.50. The number of hydrogen-bond donors (Lipinski definition) is 1. The molecule has 1 N–H and O–H groups in total. The molecule has 3 heterocycles. The van der Waals surface area contributed by atoms with Gasteiger partial charge in [-0.3, -0.25) is 10.1 Å². The Balaban J connectivity index is 1.68. The molecule has 0 aliphatic carbocycles. The van der Waals surface area contributed by atoms with Gasteiger partial charge in [0, 0.05) is 22.0 Å². The third-order valence-corrected chi connectivity index (χ3v) is 6.52. The van der Waals surface area contributed by atoms with Crippen LogP contribution >= 0.6 is 27.5 Å². The number of hydrogen-bond acceptors (Lipinski definition) is 5. The third-order valence-electron chi connectivity index (χ3n) is 5.68. The van der Waals surface area contributed by atoms with Crippen molar-refractivity contribution in [3.63, 3.8) is 0 Å². The number of Topliss-reactive ketones (excluding diaryl/α,β-unsaturated/α-hetero) is 1. The summed E-state index contributed by atoms with van der Waals surface area (Å²) in [5, 5.41) is 3.92. The number of nitrogens with one attached hydrogen (secondary N) is 1. The molecule has 5 nitrogen and oxygen atoms in total. The van der Waals surface area contributed by atoms with Crippen LogP contribution in [0.4, 0.5) is 0 Å². The SMILES string of the molecule is O=C1c2cc(Br)ccc2O[C@H]2[C@@H]1[C@H](c1ccccc1Cl)N[C@@]21CCOC1=O. The van der Waals surface area contributed by atoms with Gasteiger partial charge in [0.1, 0.15) is 11.9 Å². The van der Waals surface area contributed by atoms with Gasteiger partial charge in [-0.05, 0) is 29.8 Å². The van der Waals surface area contributed by atoms with Gasteiger partial charge >= 0.3 is 5.97 Å². The molecule has 2 aromatic rings. The zero-order chi connectivity index (χ0) is 18.8. The Morgan fingerprint density at radius 1 is 1.19 bits per heavy atom. The molecule has 27 heavy (non-hydrogen) atoms. The van der Waals surface area contributed by atoms with Crippen molar-refractivity contribution in [1.29, 1.82) is 0 Å². The second kappa shape index (κ2) is 6.06. The minimum Gasteiger partial charge on any atom is -0.486 e. The third kappa shape index (κ3) is 2.40. The minimum atomic E-state index is -1.05. The molecule has 0 unspecified atom stereocenters. The molecular formula is C20H15BrClNO4. The van der Waals surface area contributed by atoms with Crippen LogP contribution in [0.3, 0.4) is 0 Å². The van der Waals surface area contributed by atoms with Crippen molar-refractivity contribution in [2.24, 2.45) is 5.92 Å². The Kier molecular flexibility index (Phi) is 3.86. The van der Waals surface area contributed by atoms with E-state index < -0.39 is 23.6 Å². The van der Waals surface area contributed by atoms with Crippen molar-refractivity contribution in [3.8, 4) is 5.75 Å². The van der Waals surface area contributed by atoms with Crippen LogP contribution in [0.2, 0.25) is 5.02 Å². The molecular weight excluding hydrogens is 434 g/mol. The van der Waals surface area contributed by atoms with E-state index in [1.54, 1.807) is 18.2 Å². The van der Waals surface area contributed by atoms with Crippen LogP contribution in [0.1, 0.15) is 28.4 Å². The van der Waals surface area contributed by atoms with Gasteiger partial charge in [0.2, 0.25) is 0 Å². The van der Waals surface area contributed by atoms with Crippen LogP contribution in [0, 0.1) is 5.92 Å². The van der Waals surface area contributed by atoms with Gasteiger partial charge in [-0.1, -0.05) is 45.7 Å². The average molecular weight is 449 g/mol. The predicted octanol–water partition coefficient (Wildman–Crippen LogP) is 3.69. The van der Waals surface area contributed by atoms with E-state index in [-0.39, 0.29) is 11.8 Å². The Labute approximate surface area is 169 Å². The van der Waals surface area contributed by atoms with Gasteiger partial charge in [0.05, 0.1) is 18.1 Å². The van der Waals surface area contributed by atoms with Gasteiger partial charge < -0.3 is 9.47 Å². The molecule has 2 saturated heterocycles. The largest absolute Gasteiger partial charge is 0.486 e. The van der Waals surface area contributed by atoms with E-state index in [0.29, 0.717) is 29.4 Å². The molecule has 0 amide bonds. The first-order valence-corrected chi connectivity index (χ1v) is 9.88. The zero-order valence-electron chi connectivity index (χ0n) is 14.1. The molecule has 3 aliphatic rings. The van der Waals surface area contributed by atoms with Crippen LogP contribution < -0.4 is 10.1 Å². The highest BCUT2D eigenvalue weighted by Gasteiger charge is 2.66. The lowest BCUT2D eigenvalue weighted by Gasteiger charge is -2.34. The molecule has 0 radical (unpaired) electrons. The van der Waals surface area contributed by atoms with Crippen molar-refractivity contribution in [1.82, 2.24) is 5.32 Å². The first-order valence-electron chi connectivity index (χ1n) is 8.71. The summed E-state index contributed by atoms with van der Waals surface area (Å²) in [6.45, 7) is 0.301. The fraction of sp³-hybridized carbons (Fsp3) is 0.300. The topological polar surface area (TPSA) is 64.6 Å². The van der Waals surface area contributed by atoms with E-state index in [1.807, 2.05) is 24.3 Å². The molecule has 0 bridgehead atoms. The van der Waals surface area contributed by atoms with Crippen molar-refractivity contribution in [2.45, 2.75) is 24.1 Å². The Bertz CT molecular complexity index is 980. The highest BCUT2D eigenvalue weighted by molar-refractivity contribution is 9.10. The summed E-state index contributed by atoms with van der Waals surface area (Å²) in [4.78, 5) is 26.1. The second-order valence-electron chi connectivity index (χ2n) is 7.07. The smallest absolute Gasteiger partial charge is 0.330 e. The standard InChI is InChI=1S/C20H15BrClNO4/c21-10-5-6-14-12(9-10)17(24)15-16(11-3-1-2-4-13(11)22)23-20(18(15)27-14)7-8-26-19(20)25/h1-6,9,15-16,18,23H,7-8H2/t15-,16+,18+,20+/m1/s1. The maximum absolute atomic E-state index is 13.5. The highest BCUT2D eigenvalue weighted by atomic mass is 79.9. The van der Waals surface area contributed by atoms with Crippen LogP contribution in [-0.4, -0.2) is 30.0 Å². The van der Waals surface area contributed by atoms with Crippen LogP contribution in [0.25, 0.3) is 0 Å². The van der Waals surface area contributed by atoms with Crippen molar-refractivity contribution in [3.05, 3.63) is 63.1 Å². The summed E-state index contributed by atoms with van der Waals surface area (Å²) < 4.78 is 12.3. The maximum Gasteiger partial charge on any atom is 0.330 e. The van der Waals surface area contributed by atoms with Crippen molar-refractivity contribution >= 4 is 39.3 Å². The molecule has 3 aliphatic heterocycles. The number of ether oxygens (including phenoxy) is 2. The summed E-state index contributed by atoms with van der Waals surface area (Å²) >= 11 is 9.84. The number of cyclic esters (lactones) is 1. The molecule has 138 valence electrons. The second-order valence-corrected chi connectivity index (χ2v) is 8.39. The maximum atomic E-state index is 13.5. The quantitative estimate of drug-likeness (QED) is 0.674. The molecule has 1 spiro atoms. The Morgan fingerprint density at radius 3 is 2.74 bits per heavy atom. The average Bonchev–Trinajstić information content (AvgIpc) is 3.18. The number of benzene rings is 2. The summed E-state index contributed by atoms with van der Waals surface area (Å²) in [6, 6.07) is 12.3. The minimum absolute atomic E-state index is 0.0588. The number of ketones is 1. The normalized spacial score (nSPS) is 31.4. The fourth-order valence-electron chi connectivity index (χ4n) is 4.43. The van der Waals surface area contributed by atoms with Crippen LogP contribution in [0.5, 0.6) is 5.75 Å². The van der Waals surface area contributed by atoms with Crippen molar-refractivity contribution in [2.75, 3.05) is 6.61 Å². The van der Waals surface area contributed by atoms with Crippen LogP contribution in [0.15, 0.2) is 46.9 Å². The number of carbonyl (C=O) groups is 2. The van der Waals surface area contributed by atoms with Gasteiger partial charge in [-0.25, -0.2) is 4.79 Å². The van der Waals surface area contributed by atoms with Gasteiger partial charge in [0.15, 0.2) is 11.3 Å². The van der Waals surface area contributed by atoms with Crippen molar-refractivity contribution < 1.29 is 19.1 Å². The molecule has 7 heteroatoms. The fourth-order valence-corrected chi connectivity index (χ4v) is 5.05. The number of halogens is 2. The predicted molar refractivity (Wildman–Crippen MR) is 102 cm³/mol. The van der Waals surface area contributed by atoms with E-state index >= 15 is 0 Å². The van der Waals surface area contributed by atoms with E-state index in [4.69, 9.17) is 21.1 Å². The molecule has 5 rings (SSSR count). The lowest BCUT2D eigenvalue weighted by molar-refractivity contribution is -0.145. The number of esters is 1. The molecule has 0 saturated carbocycles. The molecule has 2 aromatic carbocycles. The Hall–Kier alpha value is -1.89. The number of rotatable bonds is 1. The van der Waals surface area contributed by atoms with E-state index in [9.17, 15) is 9.59 Å². The summed E-state index contributed by atoms with van der Waals surface area (Å²) in [7, 11) is 0. The number of fused-ring (bicyclic) bond motifs is 3. The monoisotopic (exact) mass is 447 g/mol. The zero-order valence-corrected chi connectivity index (χ0v) is 16.4. The summed E-state index contributed by atoms with van der Waals surface area (Å²) in [5.41, 5.74) is 0.239. The first kappa shape index (κ1) is 17.2. The van der Waals surface area contributed by atoms with Gasteiger partial charge in [-0.2, -0.15) is 0 Å². The van der Waals surface area contributed by atoms with E-state index in [0.717, 1.165) is 10.0 Å². The Morgan fingerprint density at radius 2 is 2.00 bits per heavy atom. The van der Waals surface area contributed by atoms with Gasteiger partial charge in [-0.15, -0.1) is 0 Å². The molecule has 2 fully saturated rings. The molecule has 0 aromatic heterocycles. The summed E-state index contributed by atoms with van der Waals surface area (Å²) in [6.07, 6.45) is -0.192. The lowest BCUT2D eigenvalue weighted by atomic mass is 9.79. The van der Waals surface area contributed by atoms with Crippen LogP contribution in [-0.2, 0) is 9.53 Å². The summed E-state index contributed by atoms with van der Waals surface area (Å²) in [5.74, 6) is -0.514.